The fraction of sp³-hybridized carbons (Fsp3) is 0.167. The Balaban J connectivity index is 1.24. The molecule has 0 radical (unpaired) electrons. The first-order valence-corrected chi connectivity index (χ1v) is 9.88. The van der Waals surface area contributed by atoms with Gasteiger partial charge in [-0.1, -0.05) is 60.1 Å². The maximum absolute atomic E-state index is 6.17. The molecule has 0 aliphatic carbocycles. The quantitative estimate of drug-likeness (QED) is 0.377. The Morgan fingerprint density at radius 1 is 0.857 bits per heavy atom. The molecule has 0 aliphatic heterocycles. The van der Waals surface area contributed by atoms with E-state index in [9.17, 15) is 0 Å². The number of nitrogens with one attached hydrogen (secondary N) is 2. The molecular weight excluding hydrogens is 368 g/mol. The molecular formula is C24H23ClN2O. The van der Waals surface area contributed by atoms with E-state index in [4.69, 9.17) is 16.3 Å². The molecule has 0 atom stereocenters. The first-order valence-electron chi connectivity index (χ1n) is 9.50. The van der Waals surface area contributed by atoms with E-state index in [1.165, 1.54) is 22.0 Å². The van der Waals surface area contributed by atoms with E-state index in [1.54, 1.807) is 0 Å². The lowest BCUT2D eigenvalue weighted by atomic mass is 10.1. The number of hydrogen-bond acceptors (Lipinski definition) is 2. The summed E-state index contributed by atoms with van der Waals surface area (Å²) in [5, 5.41) is 5.56. The Morgan fingerprint density at radius 3 is 2.50 bits per heavy atom. The topological polar surface area (TPSA) is 37.0 Å². The Morgan fingerprint density at radius 2 is 1.64 bits per heavy atom. The molecule has 142 valence electrons. The van der Waals surface area contributed by atoms with Crippen molar-refractivity contribution in [1.82, 2.24) is 10.3 Å². The van der Waals surface area contributed by atoms with E-state index in [2.05, 4.69) is 52.9 Å². The first kappa shape index (κ1) is 18.6. The molecule has 0 spiro atoms. The van der Waals surface area contributed by atoms with Crippen LogP contribution < -0.4 is 10.1 Å². The average Bonchev–Trinajstić information content (AvgIpc) is 3.15. The molecule has 0 unspecified atom stereocenters. The van der Waals surface area contributed by atoms with Crippen LogP contribution in [0.3, 0.4) is 0 Å². The Hall–Kier alpha value is -2.75. The molecule has 3 aromatic carbocycles. The number of benzene rings is 3. The standard InChI is InChI=1S/C24H23ClN2O/c25-23-7-3-1-5-20(23)17-28-21-11-9-18(10-12-21)15-26-14-13-19-16-27-24-8-4-2-6-22(19)24/h1-12,16,26-27H,13-15,17H2. The molecule has 2 N–H and O–H groups in total. The zero-order valence-corrected chi connectivity index (χ0v) is 16.4. The molecule has 1 heterocycles. The van der Waals surface area contributed by atoms with Crippen LogP contribution in [0.15, 0.2) is 79.0 Å². The molecule has 4 aromatic rings. The maximum Gasteiger partial charge on any atom is 0.119 e. The van der Waals surface area contributed by atoms with Gasteiger partial charge >= 0.3 is 0 Å². The molecule has 0 saturated heterocycles. The van der Waals surface area contributed by atoms with Crippen molar-refractivity contribution in [3.05, 3.63) is 101 Å². The largest absolute Gasteiger partial charge is 0.489 e. The number of hydrogen-bond donors (Lipinski definition) is 2. The minimum atomic E-state index is 0.474. The van der Waals surface area contributed by atoms with Crippen LogP contribution in [0.1, 0.15) is 16.7 Å². The van der Waals surface area contributed by atoms with Gasteiger partial charge in [-0.3, -0.25) is 0 Å². The second-order valence-corrected chi connectivity index (χ2v) is 7.22. The van der Waals surface area contributed by atoms with E-state index < -0.39 is 0 Å². The van der Waals surface area contributed by atoms with E-state index >= 15 is 0 Å². The van der Waals surface area contributed by atoms with Crippen molar-refractivity contribution in [1.29, 1.82) is 0 Å². The van der Waals surface area contributed by atoms with Crippen LogP contribution in [0.25, 0.3) is 10.9 Å². The molecule has 0 saturated carbocycles. The third-order valence-corrected chi connectivity index (χ3v) is 5.22. The van der Waals surface area contributed by atoms with E-state index in [0.717, 1.165) is 35.8 Å². The molecule has 28 heavy (non-hydrogen) atoms. The Kier molecular flexibility index (Phi) is 5.95. The summed E-state index contributed by atoms with van der Waals surface area (Å²) in [7, 11) is 0. The van der Waals surface area contributed by atoms with Gasteiger partial charge < -0.3 is 15.0 Å². The van der Waals surface area contributed by atoms with Gasteiger partial charge in [0.1, 0.15) is 12.4 Å². The number of rotatable bonds is 8. The van der Waals surface area contributed by atoms with Crippen molar-refractivity contribution < 1.29 is 4.74 Å². The summed E-state index contributed by atoms with van der Waals surface area (Å²) in [6, 6.07) is 24.4. The van der Waals surface area contributed by atoms with Crippen molar-refractivity contribution >= 4 is 22.5 Å². The smallest absolute Gasteiger partial charge is 0.119 e. The lowest BCUT2D eigenvalue weighted by Gasteiger charge is -2.09. The van der Waals surface area contributed by atoms with Gasteiger partial charge in [0.05, 0.1) is 0 Å². The second-order valence-electron chi connectivity index (χ2n) is 6.81. The fourth-order valence-corrected chi connectivity index (χ4v) is 3.46. The number of para-hydroxylation sites is 1. The zero-order chi connectivity index (χ0) is 19.2. The predicted octanol–water partition coefficient (Wildman–Crippen LogP) is 5.73. The molecule has 3 nitrogen and oxygen atoms in total. The highest BCUT2D eigenvalue weighted by molar-refractivity contribution is 6.31. The number of aromatic nitrogens is 1. The summed E-state index contributed by atoms with van der Waals surface area (Å²) >= 11 is 6.17. The molecule has 0 aliphatic rings. The normalized spacial score (nSPS) is 11.0. The average molecular weight is 391 g/mol. The number of fused-ring (bicyclic) bond motifs is 1. The second kappa shape index (κ2) is 8.96. The monoisotopic (exact) mass is 390 g/mol. The zero-order valence-electron chi connectivity index (χ0n) is 15.6. The van der Waals surface area contributed by atoms with E-state index in [-0.39, 0.29) is 0 Å². The molecule has 1 aromatic heterocycles. The number of aromatic amines is 1. The summed E-state index contributed by atoms with van der Waals surface area (Å²) in [6.07, 6.45) is 3.11. The van der Waals surface area contributed by atoms with Gasteiger partial charge in [-0.15, -0.1) is 0 Å². The van der Waals surface area contributed by atoms with Gasteiger partial charge in [0.2, 0.25) is 0 Å². The number of halogens is 1. The highest BCUT2D eigenvalue weighted by atomic mass is 35.5. The maximum atomic E-state index is 6.17. The minimum absolute atomic E-state index is 0.474. The highest BCUT2D eigenvalue weighted by Gasteiger charge is 2.03. The van der Waals surface area contributed by atoms with Crippen LogP contribution in [-0.4, -0.2) is 11.5 Å². The molecule has 4 heteroatoms. The SMILES string of the molecule is Clc1ccccc1COc1ccc(CNCCc2c[nH]c3ccccc23)cc1. The van der Waals surface area contributed by atoms with E-state index in [1.807, 2.05) is 36.4 Å². The molecule has 0 fully saturated rings. The number of ether oxygens (including phenoxy) is 1. The molecule has 0 bridgehead atoms. The van der Waals surface area contributed by atoms with Crippen LogP contribution in [0.2, 0.25) is 5.02 Å². The lowest BCUT2D eigenvalue weighted by Crippen LogP contribution is -2.16. The minimum Gasteiger partial charge on any atom is -0.489 e. The fourth-order valence-electron chi connectivity index (χ4n) is 3.27. The Labute approximate surface area is 170 Å². The summed E-state index contributed by atoms with van der Waals surface area (Å²) < 4.78 is 5.84. The van der Waals surface area contributed by atoms with Gasteiger partial charge in [0.25, 0.3) is 0 Å². The van der Waals surface area contributed by atoms with Gasteiger partial charge in [0.15, 0.2) is 0 Å². The van der Waals surface area contributed by atoms with Crippen LogP contribution >= 0.6 is 11.6 Å². The molecule has 4 rings (SSSR count). The van der Waals surface area contributed by atoms with Crippen LogP contribution in [0.5, 0.6) is 5.75 Å². The molecule has 0 amide bonds. The third-order valence-electron chi connectivity index (χ3n) is 4.85. The Bertz CT molecular complexity index is 1040. The highest BCUT2D eigenvalue weighted by Crippen LogP contribution is 2.19. The summed E-state index contributed by atoms with van der Waals surface area (Å²) in [5.41, 5.74) is 4.78. The van der Waals surface area contributed by atoms with Crippen LogP contribution in [-0.2, 0) is 19.6 Å². The van der Waals surface area contributed by atoms with Crippen LogP contribution in [0.4, 0.5) is 0 Å². The van der Waals surface area contributed by atoms with Crippen molar-refractivity contribution in [3.63, 3.8) is 0 Å². The van der Waals surface area contributed by atoms with Crippen LogP contribution in [0, 0.1) is 0 Å². The van der Waals surface area contributed by atoms with Gasteiger partial charge in [-0.25, -0.2) is 0 Å². The predicted molar refractivity (Wildman–Crippen MR) is 116 cm³/mol. The van der Waals surface area contributed by atoms with Gasteiger partial charge in [0, 0.05) is 34.2 Å². The first-order chi connectivity index (χ1) is 13.8. The van der Waals surface area contributed by atoms with Crippen molar-refractivity contribution in [2.24, 2.45) is 0 Å². The summed E-state index contributed by atoms with van der Waals surface area (Å²) in [5.74, 6) is 0.850. The summed E-state index contributed by atoms with van der Waals surface area (Å²) in [6.45, 7) is 2.25. The van der Waals surface area contributed by atoms with Gasteiger partial charge in [-0.2, -0.15) is 0 Å². The van der Waals surface area contributed by atoms with Gasteiger partial charge in [-0.05, 0) is 48.4 Å². The van der Waals surface area contributed by atoms with Crippen molar-refractivity contribution in [2.75, 3.05) is 6.54 Å². The third kappa shape index (κ3) is 4.56. The lowest BCUT2D eigenvalue weighted by molar-refractivity contribution is 0.306. The van der Waals surface area contributed by atoms with Crippen molar-refractivity contribution in [3.8, 4) is 5.75 Å². The summed E-state index contributed by atoms with van der Waals surface area (Å²) in [4.78, 5) is 3.33. The van der Waals surface area contributed by atoms with Crippen molar-refractivity contribution in [2.45, 2.75) is 19.6 Å². The van der Waals surface area contributed by atoms with E-state index in [0.29, 0.717) is 6.61 Å². The number of H-pyrrole nitrogens is 1.